The topological polar surface area (TPSA) is 64.6 Å². The average molecular weight is 412 g/mol. The third-order valence-corrected chi connectivity index (χ3v) is 5.87. The molecule has 0 aromatic heterocycles. The van der Waals surface area contributed by atoms with Crippen LogP contribution in [0.1, 0.15) is 24.0 Å². The average Bonchev–Trinajstić information content (AvgIpc) is 3.06. The van der Waals surface area contributed by atoms with E-state index < -0.39 is 18.1 Å². The molecule has 0 aliphatic heterocycles. The van der Waals surface area contributed by atoms with Gasteiger partial charge in [-0.05, 0) is 29.2 Å². The molecular formula is C23H25NO4S. The lowest BCUT2D eigenvalue weighted by atomic mass is 9.99. The maximum atomic E-state index is 12.3. The second-order valence-corrected chi connectivity index (χ2v) is 7.68. The molecule has 5 nitrogen and oxygen atoms in total. The van der Waals surface area contributed by atoms with Crippen LogP contribution in [0.25, 0.3) is 11.1 Å². The van der Waals surface area contributed by atoms with Gasteiger partial charge in [0.1, 0.15) is 12.6 Å². The molecule has 0 spiro atoms. The molecule has 152 valence electrons. The highest BCUT2D eigenvalue weighted by Crippen LogP contribution is 2.45. The van der Waals surface area contributed by atoms with Crippen LogP contribution < -0.4 is 5.32 Å². The Morgan fingerprint density at radius 1 is 1.10 bits per heavy atom. The molecule has 0 saturated carbocycles. The molecule has 3 rings (SSSR count). The van der Waals surface area contributed by atoms with Crippen molar-refractivity contribution in [2.24, 2.45) is 0 Å². The first-order valence-corrected chi connectivity index (χ1v) is 10.8. The molecule has 2 aromatic carbocycles. The smallest absolute Gasteiger partial charge is 0.408 e. The summed E-state index contributed by atoms with van der Waals surface area (Å²) in [5.41, 5.74) is 5.13. The molecule has 1 aliphatic rings. The van der Waals surface area contributed by atoms with Crippen LogP contribution in [-0.2, 0) is 14.3 Å². The molecule has 2 aromatic rings. The molecule has 0 fully saturated rings. The zero-order valence-corrected chi connectivity index (χ0v) is 17.2. The first-order chi connectivity index (χ1) is 14.2. The predicted octanol–water partition coefficient (Wildman–Crippen LogP) is 4.38. The summed E-state index contributed by atoms with van der Waals surface area (Å²) in [6.07, 6.45) is 0.822. The quantitative estimate of drug-likeness (QED) is 0.490. The Hall–Kier alpha value is -2.73. The maximum absolute atomic E-state index is 12.3. The number of ether oxygens (including phenoxy) is 2. The van der Waals surface area contributed by atoms with Gasteiger partial charge in [0.05, 0.1) is 6.61 Å². The van der Waals surface area contributed by atoms with Crippen molar-refractivity contribution in [3.8, 4) is 11.1 Å². The number of rotatable bonds is 9. The second kappa shape index (κ2) is 10.2. The fourth-order valence-electron chi connectivity index (χ4n) is 3.47. The lowest BCUT2D eigenvalue weighted by molar-refractivity contribution is -0.144. The van der Waals surface area contributed by atoms with Crippen LogP contribution in [0.15, 0.2) is 61.2 Å². The van der Waals surface area contributed by atoms with E-state index in [9.17, 15) is 9.59 Å². The van der Waals surface area contributed by atoms with E-state index in [1.54, 1.807) is 18.7 Å². The number of nitrogens with one attached hydrogen (secondary N) is 1. The summed E-state index contributed by atoms with van der Waals surface area (Å²) in [6.45, 7) is 5.59. The lowest BCUT2D eigenvalue weighted by Crippen LogP contribution is -2.44. The minimum Gasteiger partial charge on any atom is -0.464 e. The van der Waals surface area contributed by atoms with E-state index in [4.69, 9.17) is 9.47 Å². The molecule has 0 heterocycles. The van der Waals surface area contributed by atoms with Gasteiger partial charge in [-0.25, -0.2) is 9.59 Å². The van der Waals surface area contributed by atoms with Gasteiger partial charge >= 0.3 is 12.1 Å². The standard InChI is InChI=1S/C23H25NO4S/c1-3-13-28-23(26)24-21(22(25)27-4-2)15-29-14-20-18-11-7-5-9-16(18)17-10-6-8-12-19(17)20/h3,5-12,20-21H,1,4,13-15H2,2H3,(H,24,26)/t21-/m0/s1. The first kappa shape index (κ1) is 21.0. The summed E-state index contributed by atoms with van der Waals surface area (Å²) < 4.78 is 10.0. The van der Waals surface area contributed by atoms with Crippen molar-refractivity contribution in [3.63, 3.8) is 0 Å². The number of carbonyl (C=O) groups is 2. The zero-order chi connectivity index (χ0) is 20.6. The van der Waals surface area contributed by atoms with E-state index >= 15 is 0 Å². The molecule has 0 bridgehead atoms. The third-order valence-electron chi connectivity index (χ3n) is 4.73. The van der Waals surface area contributed by atoms with Crippen LogP contribution in [0.2, 0.25) is 0 Å². The number of hydrogen-bond donors (Lipinski definition) is 1. The van der Waals surface area contributed by atoms with Gasteiger partial charge in [-0.15, -0.1) is 0 Å². The molecule has 1 amide bonds. The van der Waals surface area contributed by atoms with Gasteiger partial charge in [0.2, 0.25) is 0 Å². The number of esters is 1. The van der Waals surface area contributed by atoms with Crippen molar-refractivity contribution in [3.05, 3.63) is 72.3 Å². The van der Waals surface area contributed by atoms with Crippen LogP contribution in [0.4, 0.5) is 4.79 Å². The van der Waals surface area contributed by atoms with Gasteiger partial charge in [-0.3, -0.25) is 0 Å². The van der Waals surface area contributed by atoms with Gasteiger partial charge in [-0.1, -0.05) is 61.2 Å². The Bertz CT molecular complexity index is 837. The van der Waals surface area contributed by atoms with E-state index in [1.165, 1.54) is 28.3 Å². The summed E-state index contributed by atoms with van der Waals surface area (Å²) in [4.78, 5) is 24.1. The highest BCUT2D eigenvalue weighted by molar-refractivity contribution is 7.99. The van der Waals surface area contributed by atoms with E-state index in [-0.39, 0.29) is 19.1 Å². The lowest BCUT2D eigenvalue weighted by Gasteiger charge is -2.18. The number of benzene rings is 2. The largest absolute Gasteiger partial charge is 0.464 e. The summed E-state index contributed by atoms with van der Waals surface area (Å²) in [5.74, 6) is 1.00. The van der Waals surface area contributed by atoms with Crippen molar-refractivity contribution >= 4 is 23.8 Å². The molecule has 0 unspecified atom stereocenters. The van der Waals surface area contributed by atoms with Crippen LogP contribution in [-0.4, -0.2) is 42.8 Å². The van der Waals surface area contributed by atoms with Gasteiger partial charge < -0.3 is 14.8 Å². The Morgan fingerprint density at radius 2 is 1.72 bits per heavy atom. The van der Waals surface area contributed by atoms with Crippen molar-refractivity contribution in [2.45, 2.75) is 18.9 Å². The highest BCUT2D eigenvalue weighted by atomic mass is 32.2. The van der Waals surface area contributed by atoms with Crippen molar-refractivity contribution < 1.29 is 19.1 Å². The van der Waals surface area contributed by atoms with Crippen LogP contribution in [0.5, 0.6) is 0 Å². The third kappa shape index (κ3) is 5.01. The monoisotopic (exact) mass is 411 g/mol. The number of carbonyl (C=O) groups excluding carboxylic acids is 2. The fraction of sp³-hybridized carbons (Fsp3) is 0.304. The molecule has 6 heteroatoms. The normalized spacial score (nSPS) is 13.1. The SMILES string of the molecule is C=CCOC(=O)N[C@@H](CSCC1c2ccccc2-c2ccccc21)C(=O)OCC. The van der Waals surface area contributed by atoms with E-state index in [0.29, 0.717) is 5.75 Å². The predicted molar refractivity (Wildman–Crippen MR) is 116 cm³/mol. The molecule has 1 atom stereocenters. The van der Waals surface area contributed by atoms with Crippen LogP contribution >= 0.6 is 11.8 Å². The second-order valence-electron chi connectivity index (χ2n) is 6.60. The maximum Gasteiger partial charge on any atom is 0.408 e. The summed E-state index contributed by atoms with van der Waals surface area (Å²) in [6, 6.07) is 16.1. The zero-order valence-electron chi connectivity index (χ0n) is 16.4. The molecule has 1 N–H and O–H groups in total. The fourth-order valence-corrected chi connectivity index (χ4v) is 4.66. The number of alkyl carbamates (subject to hydrolysis) is 1. The Kier molecular flexibility index (Phi) is 7.36. The minimum absolute atomic E-state index is 0.0875. The number of amides is 1. The number of fused-ring (bicyclic) bond motifs is 3. The summed E-state index contributed by atoms with van der Waals surface area (Å²) >= 11 is 1.61. The Morgan fingerprint density at radius 3 is 2.31 bits per heavy atom. The molecule has 1 aliphatic carbocycles. The summed E-state index contributed by atoms with van der Waals surface area (Å²) in [5, 5.41) is 2.60. The highest BCUT2D eigenvalue weighted by Gasteiger charge is 2.29. The van der Waals surface area contributed by atoms with Crippen molar-refractivity contribution in [1.29, 1.82) is 0 Å². The van der Waals surface area contributed by atoms with Crippen LogP contribution in [0, 0.1) is 0 Å². The molecule has 0 saturated heterocycles. The van der Waals surface area contributed by atoms with Crippen molar-refractivity contribution in [1.82, 2.24) is 5.32 Å². The van der Waals surface area contributed by atoms with Gasteiger partial charge in [0, 0.05) is 17.4 Å². The first-order valence-electron chi connectivity index (χ1n) is 9.62. The van der Waals surface area contributed by atoms with Crippen molar-refractivity contribution in [2.75, 3.05) is 24.7 Å². The van der Waals surface area contributed by atoms with E-state index in [2.05, 4.69) is 60.4 Å². The van der Waals surface area contributed by atoms with Crippen LogP contribution in [0.3, 0.4) is 0 Å². The number of thioether (sulfide) groups is 1. The Labute approximate surface area is 175 Å². The molecule has 29 heavy (non-hydrogen) atoms. The van der Waals surface area contributed by atoms with E-state index in [1.807, 2.05) is 0 Å². The minimum atomic E-state index is -0.760. The number of hydrogen-bond acceptors (Lipinski definition) is 5. The van der Waals surface area contributed by atoms with E-state index in [0.717, 1.165) is 5.75 Å². The van der Waals surface area contributed by atoms with Gasteiger partial charge in [-0.2, -0.15) is 11.8 Å². The Balaban J connectivity index is 1.66. The summed E-state index contributed by atoms with van der Waals surface area (Å²) in [7, 11) is 0. The molecule has 0 radical (unpaired) electrons. The van der Waals surface area contributed by atoms with Gasteiger partial charge in [0.15, 0.2) is 0 Å². The molecular weight excluding hydrogens is 386 g/mol. The van der Waals surface area contributed by atoms with Gasteiger partial charge in [0.25, 0.3) is 0 Å².